The van der Waals surface area contributed by atoms with E-state index in [1.165, 1.54) is 0 Å². The van der Waals surface area contributed by atoms with Crippen LogP contribution < -0.4 is 0 Å². The minimum atomic E-state index is -0.377. The van der Waals surface area contributed by atoms with Gasteiger partial charge in [-0.1, -0.05) is 17.7 Å². The molecule has 1 aromatic rings. The molecule has 0 atom stereocenters. The van der Waals surface area contributed by atoms with Gasteiger partial charge in [0.25, 0.3) is 6.54 Å². The van der Waals surface area contributed by atoms with Gasteiger partial charge in [0, 0.05) is 30.8 Å². The Morgan fingerprint density at radius 2 is 2.26 bits per heavy atom. The summed E-state index contributed by atoms with van der Waals surface area (Å²) in [6.45, 7) is 4.17. The second-order valence-corrected chi connectivity index (χ2v) is 4.73. The fourth-order valence-corrected chi connectivity index (χ4v) is 1.79. The lowest BCUT2D eigenvalue weighted by Crippen LogP contribution is -2.40. The summed E-state index contributed by atoms with van der Waals surface area (Å²) < 4.78 is 0. The van der Waals surface area contributed by atoms with Gasteiger partial charge in [0.2, 0.25) is 0 Å². The fourth-order valence-electron chi connectivity index (χ4n) is 1.67. The number of amidine groups is 1. The van der Waals surface area contributed by atoms with E-state index in [0.29, 0.717) is 17.5 Å². The molecule has 7 heteroatoms. The predicted molar refractivity (Wildman–Crippen MR) is 75.1 cm³/mol. The van der Waals surface area contributed by atoms with Crippen LogP contribution in [0.25, 0.3) is 0 Å². The number of aliphatic imine (C=N–C) groups is 1. The Morgan fingerprint density at radius 1 is 1.58 bits per heavy atom. The summed E-state index contributed by atoms with van der Waals surface area (Å²) in [5.41, 5.74) is 0.933. The third-order valence-electron chi connectivity index (χ3n) is 2.63. The molecule has 0 aromatic carbocycles. The molecule has 1 heterocycles. The van der Waals surface area contributed by atoms with Crippen LogP contribution in [0.5, 0.6) is 0 Å². The summed E-state index contributed by atoms with van der Waals surface area (Å²) >= 11 is 5.73. The molecule has 0 saturated heterocycles. The molecular formula is C12H17ClN4O2. The molecule has 0 saturated carbocycles. The number of hydrogen-bond donors (Lipinski definition) is 0. The van der Waals surface area contributed by atoms with Crippen molar-refractivity contribution < 1.29 is 4.92 Å². The minimum Gasteiger partial charge on any atom is -0.348 e. The molecule has 0 aliphatic carbocycles. The first-order valence-corrected chi connectivity index (χ1v) is 6.26. The monoisotopic (exact) mass is 284 g/mol. The first-order chi connectivity index (χ1) is 8.93. The van der Waals surface area contributed by atoms with Crippen molar-refractivity contribution in [3.05, 3.63) is 39.2 Å². The van der Waals surface area contributed by atoms with E-state index in [0.717, 1.165) is 5.56 Å². The second-order valence-electron chi connectivity index (χ2n) is 4.34. The molecule has 0 fully saturated rings. The third-order valence-corrected chi connectivity index (χ3v) is 2.85. The van der Waals surface area contributed by atoms with Gasteiger partial charge < -0.3 is 4.90 Å². The SMILES string of the molecule is CN=C(C[N+](=O)[O-])N(Cc1ccc(Cl)nc1)C(C)C. The van der Waals surface area contributed by atoms with E-state index in [4.69, 9.17) is 11.6 Å². The van der Waals surface area contributed by atoms with E-state index in [-0.39, 0.29) is 17.5 Å². The number of rotatable bonds is 5. The number of halogens is 1. The second kappa shape index (κ2) is 7.04. The van der Waals surface area contributed by atoms with Gasteiger partial charge >= 0.3 is 0 Å². The lowest BCUT2D eigenvalue weighted by atomic mass is 10.2. The first-order valence-electron chi connectivity index (χ1n) is 5.88. The average molecular weight is 285 g/mol. The standard InChI is InChI=1S/C12H17ClN4O2/c1-9(2)16(12(14-3)8-17(18)19)7-10-4-5-11(13)15-6-10/h4-6,9H,7-8H2,1-3H3. The zero-order valence-electron chi connectivity index (χ0n) is 11.2. The number of aromatic nitrogens is 1. The van der Waals surface area contributed by atoms with Crippen LogP contribution in [0.1, 0.15) is 19.4 Å². The molecular weight excluding hydrogens is 268 g/mol. The van der Waals surface area contributed by atoms with Crippen molar-refractivity contribution in [2.45, 2.75) is 26.4 Å². The molecule has 0 spiro atoms. The van der Waals surface area contributed by atoms with Gasteiger partial charge in [-0.3, -0.25) is 15.1 Å². The van der Waals surface area contributed by atoms with Gasteiger partial charge in [-0.15, -0.1) is 0 Å². The minimum absolute atomic E-state index is 0.106. The molecule has 0 N–H and O–H groups in total. The van der Waals surface area contributed by atoms with Crippen molar-refractivity contribution in [3.8, 4) is 0 Å². The molecule has 0 amide bonds. The van der Waals surface area contributed by atoms with Gasteiger partial charge in [-0.2, -0.15) is 0 Å². The van der Waals surface area contributed by atoms with Crippen molar-refractivity contribution in [1.29, 1.82) is 0 Å². The largest absolute Gasteiger partial charge is 0.348 e. The summed E-state index contributed by atoms with van der Waals surface area (Å²) in [5.74, 6) is 0.454. The molecule has 0 radical (unpaired) electrons. The first kappa shape index (κ1) is 15.4. The number of pyridine rings is 1. The Kier molecular flexibility index (Phi) is 5.69. The Hall–Kier alpha value is -1.69. The van der Waals surface area contributed by atoms with E-state index < -0.39 is 0 Å². The van der Waals surface area contributed by atoms with Crippen LogP contribution in [0.15, 0.2) is 23.3 Å². The molecule has 0 unspecified atom stereocenters. The van der Waals surface area contributed by atoms with Crippen molar-refractivity contribution in [2.75, 3.05) is 13.6 Å². The van der Waals surface area contributed by atoms with Crippen LogP contribution in [0, 0.1) is 10.1 Å². The van der Waals surface area contributed by atoms with Crippen LogP contribution in [-0.2, 0) is 6.54 Å². The van der Waals surface area contributed by atoms with Crippen LogP contribution in [0.2, 0.25) is 5.15 Å². The normalized spacial score (nSPS) is 11.7. The summed E-state index contributed by atoms with van der Waals surface area (Å²) in [4.78, 5) is 20.2. The lowest BCUT2D eigenvalue weighted by molar-refractivity contribution is -0.464. The maximum Gasteiger partial charge on any atom is 0.260 e. The Labute approximate surface area is 117 Å². The maximum atomic E-state index is 10.7. The summed E-state index contributed by atoms with van der Waals surface area (Å²) in [7, 11) is 1.56. The van der Waals surface area contributed by atoms with Gasteiger partial charge in [0.1, 0.15) is 5.15 Å². The maximum absolute atomic E-state index is 10.7. The molecule has 0 aliphatic rings. The summed E-state index contributed by atoms with van der Waals surface area (Å²) in [6, 6.07) is 3.66. The highest BCUT2D eigenvalue weighted by Crippen LogP contribution is 2.11. The molecule has 1 aromatic heterocycles. The Balaban J connectivity index is 2.88. The zero-order chi connectivity index (χ0) is 14.4. The highest BCUT2D eigenvalue weighted by Gasteiger charge is 2.19. The fraction of sp³-hybridized carbons (Fsp3) is 0.500. The zero-order valence-corrected chi connectivity index (χ0v) is 12.0. The number of nitrogens with zero attached hydrogens (tertiary/aromatic N) is 4. The van der Waals surface area contributed by atoms with Crippen LogP contribution in [-0.4, -0.2) is 40.3 Å². The molecule has 0 aliphatic heterocycles. The van der Waals surface area contributed by atoms with Crippen molar-refractivity contribution >= 4 is 17.4 Å². The number of hydrogen-bond acceptors (Lipinski definition) is 4. The van der Waals surface area contributed by atoms with Gasteiger partial charge in [-0.05, 0) is 25.5 Å². The van der Waals surface area contributed by atoms with Crippen LogP contribution in [0.3, 0.4) is 0 Å². The van der Waals surface area contributed by atoms with Crippen LogP contribution in [0.4, 0.5) is 0 Å². The molecule has 6 nitrogen and oxygen atoms in total. The average Bonchev–Trinajstić information content (AvgIpc) is 2.35. The van der Waals surface area contributed by atoms with E-state index in [2.05, 4.69) is 9.98 Å². The predicted octanol–water partition coefficient (Wildman–Crippen LogP) is 2.25. The van der Waals surface area contributed by atoms with Gasteiger partial charge in [0.05, 0.1) is 0 Å². The van der Waals surface area contributed by atoms with E-state index >= 15 is 0 Å². The quantitative estimate of drug-likeness (QED) is 0.273. The van der Waals surface area contributed by atoms with Crippen molar-refractivity contribution in [3.63, 3.8) is 0 Å². The lowest BCUT2D eigenvalue weighted by Gasteiger charge is -2.28. The topological polar surface area (TPSA) is 71.6 Å². The highest BCUT2D eigenvalue weighted by atomic mass is 35.5. The molecule has 19 heavy (non-hydrogen) atoms. The Morgan fingerprint density at radius 3 is 2.68 bits per heavy atom. The van der Waals surface area contributed by atoms with E-state index in [1.54, 1.807) is 19.3 Å². The highest BCUT2D eigenvalue weighted by molar-refractivity contribution is 6.29. The van der Waals surface area contributed by atoms with Crippen LogP contribution >= 0.6 is 11.6 Å². The summed E-state index contributed by atoms with van der Waals surface area (Å²) in [6.07, 6.45) is 1.66. The van der Waals surface area contributed by atoms with Gasteiger partial charge in [-0.25, -0.2) is 4.98 Å². The van der Waals surface area contributed by atoms with Crippen molar-refractivity contribution in [1.82, 2.24) is 9.88 Å². The molecule has 0 bridgehead atoms. The van der Waals surface area contributed by atoms with Gasteiger partial charge in [0.15, 0.2) is 5.84 Å². The molecule has 1 rings (SSSR count). The van der Waals surface area contributed by atoms with E-state index in [1.807, 2.05) is 24.8 Å². The smallest absolute Gasteiger partial charge is 0.260 e. The number of nitro groups is 1. The van der Waals surface area contributed by atoms with E-state index in [9.17, 15) is 10.1 Å². The third kappa shape index (κ3) is 4.82. The molecule has 104 valence electrons. The van der Waals surface area contributed by atoms with Crippen molar-refractivity contribution in [2.24, 2.45) is 4.99 Å². The Bertz CT molecular complexity index is 459. The summed E-state index contributed by atoms with van der Waals surface area (Å²) in [5, 5.41) is 11.1.